The average molecular weight is 1050 g/mol. The molecule has 10 aromatic carbocycles. The lowest BCUT2D eigenvalue weighted by Gasteiger charge is -2.45. The summed E-state index contributed by atoms with van der Waals surface area (Å²) in [7, 11) is 0. The Morgan fingerprint density at radius 2 is 1.05 bits per heavy atom. The summed E-state index contributed by atoms with van der Waals surface area (Å²) < 4.78 is 17.1. The van der Waals surface area contributed by atoms with E-state index >= 15 is 0 Å². The Kier molecular flexibility index (Phi) is 10.1. The van der Waals surface area contributed by atoms with E-state index in [1.54, 1.807) is 0 Å². The molecule has 0 bridgehead atoms. The van der Waals surface area contributed by atoms with Crippen LogP contribution < -0.4 is 20.0 Å². The van der Waals surface area contributed by atoms with Crippen molar-refractivity contribution in [2.45, 2.75) is 77.6 Å². The smallest absolute Gasteiger partial charge is 0.343 e. The molecule has 6 heteroatoms. The molecule has 0 fully saturated rings. The Labute approximate surface area is 471 Å². The van der Waals surface area contributed by atoms with Gasteiger partial charge in [-0.15, -0.1) is 11.3 Å². The van der Waals surface area contributed by atoms with Gasteiger partial charge < -0.3 is 18.5 Å². The molecule has 5 heterocycles. The zero-order valence-electron chi connectivity index (χ0n) is 46.2. The molecule has 0 saturated heterocycles. The largest absolute Gasteiger partial charge is 0.456 e. The second-order valence-electron chi connectivity index (χ2n) is 25.1. The van der Waals surface area contributed by atoms with Crippen molar-refractivity contribution in [2.75, 3.05) is 9.71 Å². The molecule has 16 rings (SSSR count). The molecular formula is C74H59BN2O2S. The third-order valence-corrected chi connectivity index (χ3v) is 19.5. The maximum Gasteiger partial charge on any atom is 0.343 e. The van der Waals surface area contributed by atoms with Crippen LogP contribution in [0.15, 0.2) is 215 Å². The van der Waals surface area contributed by atoms with E-state index in [4.69, 9.17) is 8.83 Å². The number of benzene rings is 10. The van der Waals surface area contributed by atoms with E-state index in [1.807, 2.05) is 11.3 Å². The molecule has 3 aromatic heterocycles. The van der Waals surface area contributed by atoms with Crippen LogP contribution in [0.4, 0.5) is 28.4 Å². The number of para-hydroxylation sites is 1. The van der Waals surface area contributed by atoms with E-state index in [9.17, 15) is 0 Å². The summed E-state index contributed by atoms with van der Waals surface area (Å²) in [5.41, 5.74) is 24.0. The minimum atomic E-state index is -0.263. The standard InChI is InChI=1S/C74H59BN2O2S/c1-72(2,3)49-30-34-61(53(38-49)47-23-15-10-16-24-47)76-68-52-33-29-48(45-21-13-9-14-22-45)37-66(52)80-71(68)75-67-57(40-58-51-25-17-18-26-63(51)79-70(58)69(67)76)54-39-55-56-41-59-60(74(6,7)36-35-73(59,4)5)42-64(56)78-65(55)43-62(54)77(75)50-31-27-46(28-32-50)44-19-11-8-12-20-44/h8-34,37-43H,35-36H2,1-7H3. The predicted molar refractivity (Wildman–Crippen MR) is 340 cm³/mol. The van der Waals surface area contributed by atoms with Crippen LogP contribution in [0, 0.1) is 0 Å². The highest BCUT2D eigenvalue weighted by atomic mass is 32.1. The molecule has 1 aliphatic carbocycles. The van der Waals surface area contributed by atoms with Crippen LogP contribution in [0.1, 0.15) is 78.0 Å². The first-order chi connectivity index (χ1) is 38.8. The van der Waals surface area contributed by atoms with E-state index in [1.165, 1.54) is 92.6 Å². The Hall–Kier alpha value is -8.58. The second-order valence-corrected chi connectivity index (χ2v) is 26.1. The predicted octanol–water partition coefficient (Wildman–Crippen LogP) is 20.1. The fourth-order valence-corrected chi connectivity index (χ4v) is 15.2. The third-order valence-electron chi connectivity index (χ3n) is 18.3. The van der Waals surface area contributed by atoms with Crippen LogP contribution >= 0.6 is 11.3 Å². The quantitative estimate of drug-likeness (QED) is 0.161. The van der Waals surface area contributed by atoms with Crippen LogP contribution in [-0.2, 0) is 16.2 Å². The van der Waals surface area contributed by atoms with E-state index in [-0.39, 0.29) is 23.1 Å². The van der Waals surface area contributed by atoms with Crippen molar-refractivity contribution in [3.63, 3.8) is 0 Å². The van der Waals surface area contributed by atoms with Crippen molar-refractivity contribution in [1.29, 1.82) is 0 Å². The second kappa shape index (κ2) is 17.0. The number of anilines is 5. The Morgan fingerprint density at radius 1 is 0.450 bits per heavy atom. The first kappa shape index (κ1) is 47.4. The highest BCUT2D eigenvalue weighted by molar-refractivity contribution is 7.32. The van der Waals surface area contributed by atoms with Gasteiger partial charge in [0.05, 0.1) is 17.1 Å². The summed E-state index contributed by atoms with van der Waals surface area (Å²) in [5, 5.41) is 5.71. The molecule has 2 aliphatic heterocycles. The Morgan fingerprint density at radius 3 is 1.76 bits per heavy atom. The molecule has 0 spiro atoms. The summed E-state index contributed by atoms with van der Waals surface area (Å²) in [6, 6.07) is 76.9. The molecule has 0 saturated carbocycles. The van der Waals surface area contributed by atoms with E-state index in [0.29, 0.717) is 0 Å². The number of nitrogens with zero attached hydrogens (tertiary/aromatic N) is 2. The number of fused-ring (bicyclic) bond motifs is 14. The lowest BCUT2D eigenvalue weighted by molar-refractivity contribution is 0.332. The highest BCUT2D eigenvalue weighted by Gasteiger charge is 2.49. The molecule has 0 amide bonds. The van der Waals surface area contributed by atoms with Gasteiger partial charge in [0.1, 0.15) is 16.7 Å². The number of thiophene rings is 1. The van der Waals surface area contributed by atoms with Crippen molar-refractivity contribution in [3.05, 3.63) is 223 Å². The maximum absolute atomic E-state index is 7.41. The Balaban J connectivity index is 1.06. The van der Waals surface area contributed by atoms with E-state index < -0.39 is 0 Å². The minimum Gasteiger partial charge on any atom is -0.456 e. The van der Waals surface area contributed by atoms with Crippen molar-refractivity contribution in [3.8, 4) is 44.5 Å². The van der Waals surface area contributed by atoms with Crippen LogP contribution in [0.25, 0.3) is 98.5 Å². The van der Waals surface area contributed by atoms with Crippen LogP contribution in [0.5, 0.6) is 0 Å². The van der Waals surface area contributed by atoms with Crippen LogP contribution in [0.2, 0.25) is 0 Å². The fourth-order valence-electron chi connectivity index (χ4n) is 13.8. The van der Waals surface area contributed by atoms with Gasteiger partial charge in [0.15, 0.2) is 5.58 Å². The van der Waals surface area contributed by atoms with E-state index in [2.05, 4.69) is 264 Å². The van der Waals surface area contributed by atoms with Gasteiger partial charge in [-0.05, 0) is 145 Å². The number of hydrogen-bond donors (Lipinski definition) is 0. The van der Waals surface area contributed by atoms with Gasteiger partial charge in [0, 0.05) is 65.0 Å². The molecule has 3 aliphatic rings. The van der Waals surface area contributed by atoms with Gasteiger partial charge in [-0.3, -0.25) is 0 Å². The number of furan rings is 2. The molecule has 0 N–H and O–H groups in total. The summed E-state index contributed by atoms with van der Waals surface area (Å²) in [6.07, 6.45) is 2.28. The van der Waals surface area contributed by atoms with Gasteiger partial charge in [-0.25, -0.2) is 0 Å². The first-order valence-electron chi connectivity index (χ1n) is 28.4. The maximum atomic E-state index is 7.41. The summed E-state index contributed by atoms with van der Waals surface area (Å²) in [5.74, 6) is 0. The summed E-state index contributed by atoms with van der Waals surface area (Å²) >= 11 is 1.92. The minimum absolute atomic E-state index is 0.0379. The number of rotatable bonds is 5. The van der Waals surface area contributed by atoms with E-state index in [0.717, 1.165) is 74.1 Å². The molecule has 0 atom stereocenters. The van der Waals surface area contributed by atoms with Crippen molar-refractivity contribution in [1.82, 2.24) is 0 Å². The number of hydrogen-bond acceptors (Lipinski definition) is 5. The van der Waals surface area contributed by atoms with Crippen LogP contribution in [-0.4, -0.2) is 6.85 Å². The van der Waals surface area contributed by atoms with Gasteiger partial charge in [-0.1, -0.05) is 188 Å². The monoisotopic (exact) mass is 1050 g/mol. The lowest BCUT2D eigenvalue weighted by Crippen LogP contribution is -2.60. The van der Waals surface area contributed by atoms with Gasteiger partial charge in [0.25, 0.3) is 0 Å². The fraction of sp³-hybridized carbons (Fsp3) is 0.162. The highest BCUT2D eigenvalue weighted by Crippen LogP contribution is 2.56. The van der Waals surface area contributed by atoms with Crippen molar-refractivity contribution >= 4 is 111 Å². The normalized spacial score (nSPS) is 15.2. The zero-order chi connectivity index (χ0) is 54.0. The molecule has 4 nitrogen and oxygen atoms in total. The third kappa shape index (κ3) is 7.00. The molecule has 386 valence electrons. The first-order valence-corrected chi connectivity index (χ1v) is 29.2. The van der Waals surface area contributed by atoms with Gasteiger partial charge in [-0.2, -0.15) is 0 Å². The molecule has 80 heavy (non-hydrogen) atoms. The Bertz CT molecular complexity index is 4690. The molecule has 13 aromatic rings. The average Bonchev–Trinajstić information content (AvgIpc) is 2.75. The zero-order valence-corrected chi connectivity index (χ0v) is 47.1. The SMILES string of the molecule is CC(C)(C)c1ccc(N2c3c(sc4cc(-c5ccccc5)ccc34)B3c4c(cc5c(oc6ccccc65)c42)-c2cc4c(cc2N3c2ccc(-c3ccccc3)cc2)oc2cc3c(cc24)C(C)(C)CCC3(C)C)c(-c2ccccc2)c1. The summed E-state index contributed by atoms with van der Waals surface area (Å²) in [6.45, 7) is 16.3. The molecular weight excluding hydrogens is 992 g/mol. The lowest BCUT2D eigenvalue weighted by atomic mass is 9.46. The summed E-state index contributed by atoms with van der Waals surface area (Å²) in [4.78, 5) is 5.26. The van der Waals surface area contributed by atoms with Crippen molar-refractivity contribution < 1.29 is 8.83 Å². The van der Waals surface area contributed by atoms with Gasteiger partial charge in [0.2, 0.25) is 0 Å². The van der Waals surface area contributed by atoms with Crippen LogP contribution in [0.3, 0.4) is 0 Å². The van der Waals surface area contributed by atoms with Crippen molar-refractivity contribution in [2.24, 2.45) is 0 Å². The topological polar surface area (TPSA) is 32.8 Å². The van der Waals surface area contributed by atoms with Gasteiger partial charge >= 0.3 is 6.85 Å². The molecule has 0 unspecified atom stereocenters. The molecule has 0 radical (unpaired) electrons.